The highest BCUT2D eigenvalue weighted by molar-refractivity contribution is 5.92. The molecule has 4 aromatic rings. The molecule has 0 saturated heterocycles. The van der Waals surface area contributed by atoms with Gasteiger partial charge in [-0.25, -0.2) is 4.98 Å². The number of nitrogens with one attached hydrogen (secondary N) is 1. The largest absolute Gasteiger partial charge is 0.343 e. The molecule has 0 aliphatic heterocycles. The Hall–Kier alpha value is -3.66. The van der Waals surface area contributed by atoms with Crippen LogP contribution in [0.3, 0.4) is 0 Å². The van der Waals surface area contributed by atoms with E-state index < -0.39 is 0 Å². The van der Waals surface area contributed by atoms with Crippen molar-refractivity contribution in [1.82, 2.24) is 14.9 Å². The molecule has 144 valence electrons. The number of hydrogen-bond acceptors (Lipinski definition) is 2. The number of nitrogens with zero attached hydrogens (tertiary/aromatic N) is 2. The summed E-state index contributed by atoms with van der Waals surface area (Å²) in [7, 11) is 0. The monoisotopic (exact) mass is 381 g/mol. The van der Waals surface area contributed by atoms with Gasteiger partial charge in [0.25, 0.3) is 0 Å². The minimum atomic E-state index is -0.223. The molecule has 1 heterocycles. The van der Waals surface area contributed by atoms with Crippen LogP contribution in [0.4, 0.5) is 0 Å². The highest BCUT2D eigenvalue weighted by atomic mass is 16.1. The van der Waals surface area contributed by atoms with E-state index in [1.54, 1.807) is 6.08 Å². The van der Waals surface area contributed by atoms with Gasteiger partial charge in [0.15, 0.2) is 0 Å². The molecule has 4 heteroatoms. The fourth-order valence-electron chi connectivity index (χ4n) is 3.42. The zero-order valence-corrected chi connectivity index (χ0v) is 16.3. The van der Waals surface area contributed by atoms with E-state index in [0.717, 1.165) is 22.4 Å². The van der Waals surface area contributed by atoms with Crippen LogP contribution in [-0.4, -0.2) is 15.5 Å². The number of carbonyl (C=O) groups is 1. The summed E-state index contributed by atoms with van der Waals surface area (Å²) in [4.78, 5) is 17.3. The molecule has 0 saturated carbocycles. The average molecular weight is 381 g/mol. The zero-order valence-electron chi connectivity index (χ0n) is 16.3. The molecule has 3 aromatic carbocycles. The number of rotatable bonds is 6. The third kappa shape index (κ3) is 4.43. The van der Waals surface area contributed by atoms with E-state index in [2.05, 4.69) is 28.1 Å². The zero-order chi connectivity index (χ0) is 20.1. The molecule has 1 N–H and O–H groups in total. The maximum absolute atomic E-state index is 12.4. The van der Waals surface area contributed by atoms with Gasteiger partial charge in [0.1, 0.15) is 5.82 Å². The van der Waals surface area contributed by atoms with Gasteiger partial charge in [0.2, 0.25) is 5.91 Å². The molecule has 1 atom stereocenters. The van der Waals surface area contributed by atoms with Crippen molar-refractivity contribution in [2.24, 2.45) is 0 Å². The van der Waals surface area contributed by atoms with Crippen LogP contribution in [0.15, 0.2) is 91.0 Å². The maximum atomic E-state index is 12.4. The third-order valence-electron chi connectivity index (χ3n) is 4.84. The summed E-state index contributed by atoms with van der Waals surface area (Å²) >= 11 is 0. The van der Waals surface area contributed by atoms with Crippen molar-refractivity contribution in [3.05, 3.63) is 108 Å². The summed E-state index contributed by atoms with van der Waals surface area (Å²) in [5.74, 6) is 0.705. The normalized spacial score (nSPS) is 12.3. The lowest BCUT2D eigenvalue weighted by atomic mass is 10.2. The molecule has 0 aliphatic carbocycles. The number of fused-ring (bicyclic) bond motifs is 1. The molecule has 0 fully saturated rings. The molecule has 4 rings (SSSR count). The van der Waals surface area contributed by atoms with Crippen molar-refractivity contribution in [3.63, 3.8) is 0 Å². The van der Waals surface area contributed by atoms with Gasteiger partial charge in [-0.3, -0.25) is 4.79 Å². The van der Waals surface area contributed by atoms with E-state index in [9.17, 15) is 4.79 Å². The first-order chi connectivity index (χ1) is 14.2. The van der Waals surface area contributed by atoms with Crippen molar-refractivity contribution in [1.29, 1.82) is 0 Å². The van der Waals surface area contributed by atoms with Gasteiger partial charge in [-0.15, -0.1) is 0 Å². The Morgan fingerprint density at radius 2 is 1.62 bits per heavy atom. The molecule has 0 bridgehead atoms. The minimum absolute atomic E-state index is 0.139. The second-order valence-electron chi connectivity index (χ2n) is 7.00. The molecule has 0 aliphatic rings. The number of carbonyl (C=O) groups excluding carboxylic acids is 1. The van der Waals surface area contributed by atoms with Crippen molar-refractivity contribution < 1.29 is 4.79 Å². The molecular weight excluding hydrogens is 358 g/mol. The van der Waals surface area contributed by atoms with E-state index in [4.69, 9.17) is 4.98 Å². The van der Waals surface area contributed by atoms with Crippen LogP contribution in [0.25, 0.3) is 17.1 Å². The standard InChI is InChI=1S/C25H23N3O/c1-19(26-24(29)17-16-20-10-4-2-5-11-20)25-27-22-14-8-9-15-23(22)28(25)18-21-12-6-3-7-13-21/h2-17,19H,18H2,1H3,(H,26,29)/b17-16+. The van der Waals surface area contributed by atoms with Gasteiger partial charge in [-0.05, 0) is 36.3 Å². The Balaban J connectivity index is 1.58. The van der Waals surface area contributed by atoms with E-state index >= 15 is 0 Å². The second kappa shape index (κ2) is 8.57. The van der Waals surface area contributed by atoms with Crippen molar-refractivity contribution in [3.8, 4) is 0 Å². The molecule has 4 nitrogen and oxygen atoms in total. The molecule has 1 amide bonds. The Kier molecular flexibility index (Phi) is 5.52. The molecule has 29 heavy (non-hydrogen) atoms. The molecule has 0 spiro atoms. The predicted octanol–water partition coefficient (Wildman–Crippen LogP) is 4.98. The second-order valence-corrected chi connectivity index (χ2v) is 7.00. The van der Waals surface area contributed by atoms with E-state index in [-0.39, 0.29) is 11.9 Å². The van der Waals surface area contributed by atoms with Crippen LogP contribution in [0, 0.1) is 0 Å². The number of hydrogen-bond donors (Lipinski definition) is 1. The van der Waals surface area contributed by atoms with Crippen LogP contribution in [-0.2, 0) is 11.3 Å². The minimum Gasteiger partial charge on any atom is -0.343 e. The molecular formula is C25H23N3O. The fraction of sp³-hybridized carbons (Fsp3) is 0.120. The number of aromatic nitrogens is 2. The van der Waals surface area contributed by atoms with E-state index in [1.807, 2.05) is 79.7 Å². The highest BCUT2D eigenvalue weighted by Crippen LogP contribution is 2.22. The first-order valence-corrected chi connectivity index (χ1v) is 9.73. The van der Waals surface area contributed by atoms with Gasteiger partial charge >= 0.3 is 0 Å². The topological polar surface area (TPSA) is 46.9 Å². The van der Waals surface area contributed by atoms with Crippen molar-refractivity contribution >= 4 is 23.0 Å². The van der Waals surface area contributed by atoms with Crippen LogP contribution >= 0.6 is 0 Å². The Bertz CT molecular complexity index is 1130. The van der Waals surface area contributed by atoms with Crippen LogP contribution < -0.4 is 5.32 Å². The summed E-state index contributed by atoms with van der Waals surface area (Å²) in [6.45, 7) is 2.67. The summed E-state index contributed by atoms with van der Waals surface area (Å²) < 4.78 is 2.18. The van der Waals surface area contributed by atoms with Gasteiger partial charge in [0, 0.05) is 12.6 Å². The van der Waals surface area contributed by atoms with Crippen LogP contribution in [0.2, 0.25) is 0 Å². The number of imidazole rings is 1. The van der Waals surface area contributed by atoms with Gasteiger partial charge in [0.05, 0.1) is 17.1 Å². The lowest BCUT2D eigenvalue weighted by Gasteiger charge is -2.16. The average Bonchev–Trinajstić information content (AvgIpc) is 3.12. The molecule has 1 aromatic heterocycles. The van der Waals surface area contributed by atoms with E-state index in [0.29, 0.717) is 6.54 Å². The van der Waals surface area contributed by atoms with Crippen molar-refractivity contribution in [2.45, 2.75) is 19.5 Å². The predicted molar refractivity (Wildman–Crippen MR) is 117 cm³/mol. The SMILES string of the molecule is CC(NC(=O)/C=C/c1ccccc1)c1nc2ccccc2n1Cc1ccccc1. The van der Waals surface area contributed by atoms with E-state index in [1.165, 1.54) is 5.56 Å². The Labute approximate surface area is 170 Å². The smallest absolute Gasteiger partial charge is 0.244 e. The first kappa shape index (κ1) is 18.7. The van der Waals surface area contributed by atoms with Crippen molar-refractivity contribution in [2.75, 3.05) is 0 Å². The third-order valence-corrected chi connectivity index (χ3v) is 4.84. The summed E-state index contributed by atoms with van der Waals surface area (Å²) in [6.07, 6.45) is 3.38. The Morgan fingerprint density at radius 3 is 2.38 bits per heavy atom. The van der Waals surface area contributed by atoms with Gasteiger partial charge in [-0.2, -0.15) is 0 Å². The van der Waals surface area contributed by atoms with Gasteiger partial charge in [-0.1, -0.05) is 72.8 Å². The fourth-order valence-corrected chi connectivity index (χ4v) is 3.42. The number of amides is 1. The molecule has 1 unspecified atom stereocenters. The lowest BCUT2D eigenvalue weighted by Crippen LogP contribution is -2.27. The summed E-state index contributed by atoms with van der Waals surface area (Å²) in [5, 5.41) is 3.04. The quantitative estimate of drug-likeness (QED) is 0.479. The van der Waals surface area contributed by atoms with Gasteiger partial charge < -0.3 is 9.88 Å². The Morgan fingerprint density at radius 1 is 0.966 bits per heavy atom. The summed E-state index contributed by atoms with van der Waals surface area (Å²) in [5.41, 5.74) is 4.18. The maximum Gasteiger partial charge on any atom is 0.244 e. The molecule has 0 radical (unpaired) electrons. The highest BCUT2D eigenvalue weighted by Gasteiger charge is 2.17. The van der Waals surface area contributed by atoms with Crippen LogP contribution in [0.5, 0.6) is 0 Å². The number of para-hydroxylation sites is 2. The first-order valence-electron chi connectivity index (χ1n) is 9.73. The lowest BCUT2D eigenvalue weighted by molar-refractivity contribution is -0.117. The number of benzene rings is 3. The van der Waals surface area contributed by atoms with Crippen LogP contribution in [0.1, 0.15) is 29.9 Å². The summed E-state index contributed by atoms with van der Waals surface area (Å²) in [6, 6.07) is 27.9.